The van der Waals surface area contributed by atoms with Crippen molar-refractivity contribution < 1.29 is 0 Å². The van der Waals surface area contributed by atoms with E-state index in [1.807, 2.05) is 24.8 Å². The minimum Gasteiger partial charge on any atom is -0.297 e. The van der Waals surface area contributed by atoms with Crippen molar-refractivity contribution >= 4 is 11.8 Å². The molecule has 0 bridgehead atoms. The van der Waals surface area contributed by atoms with Crippen LogP contribution in [0.2, 0.25) is 0 Å². The molecule has 0 aliphatic heterocycles. The number of nitrogens with one attached hydrogen (secondary N) is 1. The van der Waals surface area contributed by atoms with E-state index in [1.165, 1.54) is 24.2 Å². The van der Waals surface area contributed by atoms with E-state index in [9.17, 15) is 5.26 Å². The number of nitrogens with zero attached hydrogens (tertiary/aromatic N) is 1. The van der Waals surface area contributed by atoms with Crippen molar-refractivity contribution in [2.24, 2.45) is 0 Å². The second-order valence-electron chi connectivity index (χ2n) is 5.48. The molecule has 19 heavy (non-hydrogen) atoms. The molecule has 1 fully saturated rings. The lowest BCUT2D eigenvalue weighted by molar-refractivity contribution is 0.402. The van der Waals surface area contributed by atoms with Crippen LogP contribution in [0.4, 0.5) is 0 Å². The van der Waals surface area contributed by atoms with Gasteiger partial charge in [-0.15, -0.1) is 11.8 Å². The molecular formula is C16H22N2S. The Hall–Kier alpha value is -0.980. The molecule has 1 aliphatic rings. The zero-order valence-corrected chi connectivity index (χ0v) is 12.4. The average molecular weight is 274 g/mol. The number of nitriles is 1. The second-order valence-corrected chi connectivity index (χ2v) is 6.65. The van der Waals surface area contributed by atoms with Crippen LogP contribution in [0.1, 0.15) is 39.0 Å². The molecule has 1 saturated carbocycles. The van der Waals surface area contributed by atoms with Gasteiger partial charge in [0.05, 0.1) is 6.07 Å². The summed E-state index contributed by atoms with van der Waals surface area (Å²) in [5.41, 5.74) is -0.321. The molecule has 1 unspecified atom stereocenters. The Kier molecular flexibility index (Phi) is 5.30. The monoisotopic (exact) mass is 274 g/mol. The van der Waals surface area contributed by atoms with Gasteiger partial charge in [0.1, 0.15) is 5.54 Å². The molecular weight excluding hydrogens is 252 g/mol. The van der Waals surface area contributed by atoms with Crippen molar-refractivity contribution in [3.05, 3.63) is 30.3 Å². The lowest BCUT2D eigenvalue weighted by Crippen LogP contribution is -2.42. The number of thioether (sulfide) groups is 1. The smallest absolute Gasteiger partial charge is 0.104 e. The second kappa shape index (κ2) is 6.98. The first-order chi connectivity index (χ1) is 9.22. The zero-order valence-electron chi connectivity index (χ0n) is 11.6. The highest BCUT2D eigenvalue weighted by Crippen LogP contribution is 2.25. The third kappa shape index (κ3) is 5.26. The van der Waals surface area contributed by atoms with Crippen LogP contribution in [-0.2, 0) is 0 Å². The van der Waals surface area contributed by atoms with Crippen molar-refractivity contribution in [2.75, 3.05) is 5.75 Å². The summed E-state index contributed by atoms with van der Waals surface area (Å²) in [6.45, 7) is 2.04. The van der Waals surface area contributed by atoms with Crippen LogP contribution in [-0.4, -0.2) is 17.3 Å². The lowest BCUT2D eigenvalue weighted by Gasteiger charge is -2.23. The summed E-state index contributed by atoms with van der Waals surface area (Å²) in [6.07, 6.45) is 5.71. The minimum atomic E-state index is -0.321. The molecule has 0 aromatic heterocycles. The predicted molar refractivity (Wildman–Crippen MR) is 81.2 cm³/mol. The van der Waals surface area contributed by atoms with E-state index in [1.54, 1.807) is 0 Å². The molecule has 1 N–H and O–H groups in total. The molecule has 1 atom stereocenters. The highest BCUT2D eigenvalue weighted by molar-refractivity contribution is 7.99. The molecule has 1 aromatic rings. The summed E-state index contributed by atoms with van der Waals surface area (Å²) in [5.74, 6) is 1.13. The van der Waals surface area contributed by atoms with Gasteiger partial charge < -0.3 is 0 Å². The van der Waals surface area contributed by atoms with Crippen LogP contribution in [0.15, 0.2) is 35.2 Å². The lowest BCUT2D eigenvalue weighted by atomic mass is 9.96. The summed E-state index contributed by atoms with van der Waals surface area (Å²) >= 11 is 1.90. The van der Waals surface area contributed by atoms with Gasteiger partial charge in [-0.1, -0.05) is 18.2 Å². The summed E-state index contributed by atoms with van der Waals surface area (Å²) in [4.78, 5) is 1.33. The van der Waals surface area contributed by atoms with E-state index in [4.69, 9.17) is 0 Å². The molecule has 102 valence electrons. The van der Waals surface area contributed by atoms with E-state index < -0.39 is 0 Å². The predicted octanol–water partition coefficient (Wildman–Crippen LogP) is 3.98. The molecule has 0 amide bonds. The average Bonchev–Trinajstić information content (AvgIpc) is 3.23. The van der Waals surface area contributed by atoms with E-state index in [2.05, 4.69) is 35.7 Å². The van der Waals surface area contributed by atoms with Gasteiger partial charge in [0.25, 0.3) is 0 Å². The Morgan fingerprint density at radius 2 is 2.05 bits per heavy atom. The molecule has 0 saturated heterocycles. The van der Waals surface area contributed by atoms with Crippen LogP contribution in [0, 0.1) is 11.3 Å². The Morgan fingerprint density at radius 3 is 2.68 bits per heavy atom. The first kappa shape index (κ1) is 14.4. The summed E-state index contributed by atoms with van der Waals surface area (Å²) in [7, 11) is 0. The van der Waals surface area contributed by atoms with Crippen molar-refractivity contribution in [3.8, 4) is 6.07 Å². The molecule has 0 heterocycles. The number of benzene rings is 1. The van der Waals surface area contributed by atoms with Crippen molar-refractivity contribution in [1.82, 2.24) is 5.32 Å². The first-order valence-corrected chi connectivity index (χ1v) is 8.07. The van der Waals surface area contributed by atoms with Gasteiger partial charge in [-0.05, 0) is 56.9 Å². The van der Waals surface area contributed by atoms with Gasteiger partial charge in [-0.3, -0.25) is 5.32 Å². The number of hydrogen-bond donors (Lipinski definition) is 1. The highest BCUT2D eigenvalue weighted by Gasteiger charge is 2.31. The summed E-state index contributed by atoms with van der Waals surface area (Å²) in [6, 6.07) is 13.5. The Morgan fingerprint density at radius 1 is 1.32 bits per heavy atom. The Balaban J connectivity index is 1.61. The Bertz CT molecular complexity index is 422. The van der Waals surface area contributed by atoms with Crippen molar-refractivity contribution in [2.45, 2.75) is 55.5 Å². The van der Waals surface area contributed by atoms with Crippen molar-refractivity contribution in [3.63, 3.8) is 0 Å². The summed E-state index contributed by atoms with van der Waals surface area (Å²) in [5, 5.41) is 12.7. The SMILES string of the molecule is CC(C#N)(CCCCSc1ccccc1)NC1CC1. The molecule has 2 nitrogen and oxygen atoms in total. The van der Waals surface area contributed by atoms with Gasteiger partial charge in [0.2, 0.25) is 0 Å². The van der Waals surface area contributed by atoms with Crippen LogP contribution < -0.4 is 5.32 Å². The standard InChI is InChI=1S/C16H22N2S/c1-16(13-17,18-14-9-10-14)11-5-6-12-19-15-7-3-2-4-8-15/h2-4,7-8,14,18H,5-6,9-12H2,1H3. The maximum atomic E-state index is 9.28. The van der Waals surface area contributed by atoms with Crippen molar-refractivity contribution in [1.29, 1.82) is 5.26 Å². The fraction of sp³-hybridized carbons (Fsp3) is 0.562. The maximum Gasteiger partial charge on any atom is 0.104 e. The van der Waals surface area contributed by atoms with Gasteiger partial charge in [-0.25, -0.2) is 0 Å². The topological polar surface area (TPSA) is 35.8 Å². The molecule has 2 rings (SSSR count). The van der Waals surface area contributed by atoms with Crippen LogP contribution in [0.3, 0.4) is 0 Å². The number of rotatable bonds is 8. The van der Waals surface area contributed by atoms with Crippen LogP contribution in [0.5, 0.6) is 0 Å². The van der Waals surface area contributed by atoms with Gasteiger partial charge in [0.15, 0.2) is 0 Å². The maximum absolute atomic E-state index is 9.28. The van der Waals surface area contributed by atoms with Gasteiger partial charge >= 0.3 is 0 Å². The van der Waals surface area contributed by atoms with Crippen LogP contribution >= 0.6 is 11.8 Å². The fourth-order valence-electron chi connectivity index (χ4n) is 2.13. The number of unbranched alkanes of at least 4 members (excludes halogenated alkanes) is 1. The first-order valence-electron chi connectivity index (χ1n) is 7.09. The largest absolute Gasteiger partial charge is 0.297 e. The van der Waals surface area contributed by atoms with Crippen LogP contribution in [0.25, 0.3) is 0 Å². The van der Waals surface area contributed by atoms with E-state index in [-0.39, 0.29) is 5.54 Å². The highest BCUT2D eigenvalue weighted by atomic mass is 32.2. The van der Waals surface area contributed by atoms with Gasteiger partial charge in [-0.2, -0.15) is 5.26 Å². The van der Waals surface area contributed by atoms with Gasteiger partial charge in [0, 0.05) is 10.9 Å². The van der Waals surface area contributed by atoms with E-state index in [0.29, 0.717) is 6.04 Å². The van der Waals surface area contributed by atoms with E-state index in [0.717, 1.165) is 18.6 Å². The molecule has 1 aromatic carbocycles. The zero-order chi connectivity index (χ0) is 13.6. The molecule has 0 spiro atoms. The molecule has 0 radical (unpaired) electrons. The minimum absolute atomic E-state index is 0.321. The third-order valence-corrected chi connectivity index (χ3v) is 4.53. The summed E-state index contributed by atoms with van der Waals surface area (Å²) < 4.78 is 0. The normalized spacial score (nSPS) is 17.7. The van der Waals surface area contributed by atoms with E-state index >= 15 is 0 Å². The fourth-order valence-corrected chi connectivity index (χ4v) is 3.06. The quantitative estimate of drug-likeness (QED) is 0.575. The molecule has 3 heteroatoms. The number of hydrogen-bond acceptors (Lipinski definition) is 3. The Labute approximate surface area is 120 Å². The molecule has 1 aliphatic carbocycles. The third-order valence-electron chi connectivity index (χ3n) is 3.43.